The van der Waals surface area contributed by atoms with Crippen LogP contribution in [0.15, 0.2) is 30.3 Å². The van der Waals surface area contributed by atoms with Gasteiger partial charge in [0.05, 0.1) is 12.5 Å². The molecule has 0 N–H and O–H groups in total. The maximum Gasteiger partial charge on any atom is 0.573 e. The number of hydrogen-bond donors (Lipinski definition) is 0. The molecule has 5 heteroatoms. The van der Waals surface area contributed by atoms with E-state index in [0.717, 1.165) is 0 Å². The Morgan fingerprint density at radius 1 is 1.31 bits per heavy atom. The van der Waals surface area contributed by atoms with Crippen LogP contribution in [-0.4, -0.2) is 6.36 Å². The topological polar surface area (TPSA) is 33.0 Å². The molecule has 0 aliphatic carbocycles. The predicted molar refractivity (Wildman–Crippen MR) is 52.4 cm³/mol. The fourth-order valence-electron chi connectivity index (χ4n) is 1.07. The first kappa shape index (κ1) is 12.1. The zero-order valence-electron chi connectivity index (χ0n) is 8.16. The van der Waals surface area contributed by atoms with Crippen LogP contribution < -0.4 is 4.74 Å². The summed E-state index contributed by atoms with van der Waals surface area (Å²) in [4.78, 5) is 0. The largest absolute Gasteiger partial charge is 0.573 e. The highest BCUT2D eigenvalue weighted by atomic mass is 19.4. The van der Waals surface area contributed by atoms with E-state index in [-0.39, 0.29) is 17.7 Å². The highest BCUT2D eigenvalue weighted by molar-refractivity contribution is 5.57. The third-order valence-corrected chi connectivity index (χ3v) is 1.65. The first-order chi connectivity index (χ1) is 7.53. The number of alkyl halides is 3. The van der Waals surface area contributed by atoms with E-state index >= 15 is 0 Å². The molecule has 0 unspecified atom stereocenters. The summed E-state index contributed by atoms with van der Waals surface area (Å²) in [5, 5.41) is 8.29. The normalized spacial score (nSPS) is 11.4. The summed E-state index contributed by atoms with van der Waals surface area (Å²) < 4.78 is 39.9. The van der Waals surface area contributed by atoms with Crippen molar-refractivity contribution in [2.24, 2.45) is 0 Å². The minimum atomic E-state index is -4.71. The van der Waals surface area contributed by atoms with Crippen molar-refractivity contribution in [2.75, 3.05) is 0 Å². The summed E-state index contributed by atoms with van der Waals surface area (Å²) in [6.45, 7) is 0. The number of nitriles is 1. The van der Waals surface area contributed by atoms with Crippen LogP contribution in [0.3, 0.4) is 0 Å². The number of benzene rings is 1. The number of halogens is 3. The molecule has 0 aromatic heterocycles. The summed E-state index contributed by atoms with van der Waals surface area (Å²) in [6.07, 6.45) is -1.68. The summed E-state index contributed by atoms with van der Waals surface area (Å²) in [5.41, 5.74) is 0.287. The summed E-state index contributed by atoms with van der Waals surface area (Å²) in [5.74, 6) is -0.274. The Kier molecular flexibility index (Phi) is 3.95. The first-order valence-corrected chi connectivity index (χ1v) is 4.41. The molecule has 0 saturated heterocycles. The molecule has 0 heterocycles. The second kappa shape index (κ2) is 5.21. The van der Waals surface area contributed by atoms with Crippen LogP contribution in [0.5, 0.6) is 5.75 Å². The van der Waals surface area contributed by atoms with Gasteiger partial charge in [0.25, 0.3) is 0 Å². The molecule has 1 rings (SSSR count). The third-order valence-electron chi connectivity index (χ3n) is 1.65. The van der Waals surface area contributed by atoms with Gasteiger partial charge in [-0.15, -0.1) is 13.2 Å². The van der Waals surface area contributed by atoms with Gasteiger partial charge in [0.1, 0.15) is 5.75 Å². The van der Waals surface area contributed by atoms with Crippen molar-refractivity contribution < 1.29 is 17.9 Å². The van der Waals surface area contributed by atoms with Gasteiger partial charge in [-0.3, -0.25) is 0 Å². The fraction of sp³-hybridized carbons (Fsp3) is 0.182. The van der Waals surface area contributed by atoms with Crippen LogP contribution in [0.1, 0.15) is 12.0 Å². The maximum absolute atomic E-state index is 12.0. The van der Waals surface area contributed by atoms with Crippen molar-refractivity contribution in [2.45, 2.75) is 12.8 Å². The molecule has 84 valence electrons. The minimum Gasteiger partial charge on any atom is -0.405 e. The lowest BCUT2D eigenvalue weighted by atomic mass is 10.2. The van der Waals surface area contributed by atoms with Gasteiger partial charge in [0.15, 0.2) is 0 Å². The molecule has 0 aliphatic heterocycles. The summed E-state index contributed by atoms with van der Waals surface area (Å²) in [7, 11) is 0. The van der Waals surface area contributed by atoms with Gasteiger partial charge in [-0.25, -0.2) is 0 Å². The lowest BCUT2D eigenvalue weighted by Gasteiger charge is -2.10. The average Bonchev–Trinajstić information content (AvgIpc) is 2.19. The van der Waals surface area contributed by atoms with Crippen molar-refractivity contribution in [3.05, 3.63) is 35.9 Å². The molecule has 0 saturated carbocycles. The molecular weight excluding hydrogens is 219 g/mol. The molecule has 0 amide bonds. The van der Waals surface area contributed by atoms with Gasteiger partial charge in [-0.05, 0) is 6.07 Å². The van der Waals surface area contributed by atoms with E-state index in [4.69, 9.17) is 5.26 Å². The fourth-order valence-corrected chi connectivity index (χ4v) is 1.07. The molecule has 1 aromatic rings. The Bertz CT molecular complexity index is 418. The van der Waals surface area contributed by atoms with Gasteiger partial charge < -0.3 is 4.74 Å². The number of allylic oxidation sites excluding steroid dienone is 1. The van der Waals surface area contributed by atoms with Crippen LogP contribution in [0.25, 0.3) is 6.08 Å². The first-order valence-electron chi connectivity index (χ1n) is 4.41. The Morgan fingerprint density at radius 3 is 2.62 bits per heavy atom. The Morgan fingerprint density at radius 2 is 2.00 bits per heavy atom. The summed E-state index contributed by atoms with van der Waals surface area (Å²) >= 11 is 0. The molecule has 0 spiro atoms. The van der Waals surface area contributed by atoms with E-state index in [1.807, 2.05) is 6.07 Å². The quantitative estimate of drug-likeness (QED) is 0.791. The van der Waals surface area contributed by atoms with Crippen LogP contribution in [0.2, 0.25) is 0 Å². The standard InChI is InChI=1S/C11H8F3NO/c12-11(13,14)16-10-7-2-1-5-9(10)6-3-4-8-15/h1-3,5-7H,4H2. The molecule has 0 bridgehead atoms. The Hall–Kier alpha value is -1.96. The maximum atomic E-state index is 12.0. The zero-order chi connectivity index (χ0) is 12.0. The number of nitrogens with zero attached hydrogens (tertiary/aromatic N) is 1. The van der Waals surface area contributed by atoms with E-state index in [2.05, 4.69) is 4.74 Å². The zero-order valence-corrected chi connectivity index (χ0v) is 8.16. The van der Waals surface area contributed by atoms with Crippen LogP contribution in [0, 0.1) is 11.3 Å². The molecule has 16 heavy (non-hydrogen) atoms. The van der Waals surface area contributed by atoms with Crippen molar-refractivity contribution in [3.63, 3.8) is 0 Å². The molecule has 2 nitrogen and oxygen atoms in total. The second-order valence-corrected chi connectivity index (χ2v) is 2.85. The number of para-hydroxylation sites is 1. The number of ether oxygens (including phenoxy) is 1. The van der Waals surface area contributed by atoms with E-state index < -0.39 is 6.36 Å². The van der Waals surface area contributed by atoms with Gasteiger partial charge in [-0.2, -0.15) is 5.26 Å². The Balaban J connectivity index is 2.88. The molecular formula is C11H8F3NO. The Labute approximate surface area is 90.6 Å². The third kappa shape index (κ3) is 4.05. The molecule has 0 fully saturated rings. The average molecular weight is 227 g/mol. The highest BCUT2D eigenvalue weighted by Crippen LogP contribution is 2.26. The highest BCUT2D eigenvalue weighted by Gasteiger charge is 2.31. The van der Waals surface area contributed by atoms with Crippen LogP contribution in [-0.2, 0) is 0 Å². The number of rotatable bonds is 3. The second-order valence-electron chi connectivity index (χ2n) is 2.85. The molecule has 0 atom stereocenters. The lowest BCUT2D eigenvalue weighted by Crippen LogP contribution is -2.17. The van der Waals surface area contributed by atoms with Crippen molar-refractivity contribution >= 4 is 6.08 Å². The van der Waals surface area contributed by atoms with Gasteiger partial charge in [-0.1, -0.05) is 30.4 Å². The SMILES string of the molecule is N#CCC=Cc1ccccc1OC(F)(F)F. The van der Waals surface area contributed by atoms with E-state index in [1.54, 1.807) is 6.07 Å². The van der Waals surface area contributed by atoms with E-state index in [0.29, 0.717) is 0 Å². The minimum absolute atomic E-state index is 0.139. The molecule has 0 radical (unpaired) electrons. The van der Waals surface area contributed by atoms with Crippen LogP contribution in [0.4, 0.5) is 13.2 Å². The monoisotopic (exact) mass is 227 g/mol. The van der Waals surface area contributed by atoms with E-state index in [1.165, 1.54) is 30.4 Å². The number of hydrogen-bond acceptors (Lipinski definition) is 2. The molecule has 1 aromatic carbocycles. The predicted octanol–water partition coefficient (Wildman–Crippen LogP) is 3.51. The van der Waals surface area contributed by atoms with Crippen LogP contribution >= 0.6 is 0 Å². The van der Waals surface area contributed by atoms with Crippen molar-refractivity contribution in [3.8, 4) is 11.8 Å². The smallest absolute Gasteiger partial charge is 0.405 e. The van der Waals surface area contributed by atoms with Gasteiger partial charge in [0.2, 0.25) is 0 Å². The van der Waals surface area contributed by atoms with Crippen molar-refractivity contribution in [1.82, 2.24) is 0 Å². The van der Waals surface area contributed by atoms with E-state index in [9.17, 15) is 13.2 Å². The van der Waals surface area contributed by atoms with Crippen molar-refractivity contribution in [1.29, 1.82) is 5.26 Å². The van der Waals surface area contributed by atoms with Gasteiger partial charge >= 0.3 is 6.36 Å². The lowest BCUT2D eigenvalue weighted by molar-refractivity contribution is -0.274. The van der Waals surface area contributed by atoms with Gasteiger partial charge in [0, 0.05) is 5.56 Å². The molecule has 0 aliphatic rings. The summed E-state index contributed by atoms with van der Waals surface area (Å²) in [6, 6.07) is 7.60.